The van der Waals surface area contributed by atoms with E-state index in [9.17, 15) is 24.5 Å². The summed E-state index contributed by atoms with van der Waals surface area (Å²) in [4.78, 5) is 49.9. The Hall–Kier alpha value is -4.53. The van der Waals surface area contributed by atoms with E-state index in [-0.39, 0.29) is 11.3 Å². The quantitative estimate of drug-likeness (QED) is 0.266. The van der Waals surface area contributed by atoms with Gasteiger partial charge in [0.25, 0.3) is 17.5 Å². The van der Waals surface area contributed by atoms with Gasteiger partial charge >= 0.3 is 6.03 Å². The Morgan fingerprint density at radius 3 is 2.35 bits per heavy atom. The molecule has 34 heavy (non-hydrogen) atoms. The van der Waals surface area contributed by atoms with Gasteiger partial charge in [-0.05, 0) is 61.7 Å². The molecule has 4 rings (SSSR count). The first-order valence-corrected chi connectivity index (χ1v) is 10.7. The highest BCUT2D eigenvalue weighted by Gasteiger charge is 2.37. The fourth-order valence-corrected chi connectivity index (χ4v) is 4.00. The van der Waals surface area contributed by atoms with Crippen LogP contribution < -0.4 is 10.2 Å². The predicted molar refractivity (Wildman–Crippen MR) is 127 cm³/mol. The number of carbonyl (C=O) groups is 3. The Bertz CT molecular complexity index is 1370. The number of barbiturate groups is 1. The molecule has 0 spiro atoms. The highest BCUT2D eigenvalue weighted by molar-refractivity contribution is 6.39. The Morgan fingerprint density at radius 1 is 1.00 bits per heavy atom. The summed E-state index contributed by atoms with van der Waals surface area (Å²) >= 11 is 0. The standard InChI is InChI=1S/C25H22N4O5/c1-4-17-8-10-19(11-9-17)28-24(31)22(23(30)26-25(28)32)13-18-12-15(2)27(16(18)3)20-6-5-7-21(14-20)29(33)34/h5-14H,4H2,1-3H3,(H,26,30,32)/b22-13-. The first kappa shape index (κ1) is 22.7. The van der Waals surface area contributed by atoms with Crippen molar-refractivity contribution < 1.29 is 19.3 Å². The number of urea groups is 1. The third-order valence-corrected chi connectivity index (χ3v) is 5.77. The average molecular weight is 458 g/mol. The summed E-state index contributed by atoms with van der Waals surface area (Å²) in [6.07, 6.45) is 2.25. The van der Waals surface area contributed by atoms with E-state index in [1.54, 1.807) is 41.8 Å². The van der Waals surface area contributed by atoms with Gasteiger partial charge in [0.15, 0.2) is 0 Å². The minimum atomic E-state index is -0.807. The van der Waals surface area contributed by atoms with Gasteiger partial charge in [0, 0.05) is 23.5 Å². The molecule has 2 aromatic carbocycles. The van der Waals surface area contributed by atoms with E-state index in [1.807, 2.05) is 26.0 Å². The third kappa shape index (κ3) is 3.99. The largest absolute Gasteiger partial charge is 0.335 e. The molecule has 4 amide bonds. The van der Waals surface area contributed by atoms with Crippen molar-refractivity contribution in [2.75, 3.05) is 4.90 Å². The summed E-state index contributed by atoms with van der Waals surface area (Å²) in [6, 6.07) is 14.1. The van der Waals surface area contributed by atoms with Crippen molar-refractivity contribution in [1.82, 2.24) is 9.88 Å². The maximum absolute atomic E-state index is 13.2. The Kier molecular flexibility index (Phi) is 5.85. The monoisotopic (exact) mass is 458 g/mol. The van der Waals surface area contributed by atoms with Crippen molar-refractivity contribution in [3.63, 3.8) is 0 Å². The summed E-state index contributed by atoms with van der Waals surface area (Å²) < 4.78 is 1.80. The van der Waals surface area contributed by atoms with E-state index in [4.69, 9.17) is 0 Å². The number of aryl methyl sites for hydroxylation is 2. The van der Waals surface area contributed by atoms with Crippen LogP contribution in [-0.4, -0.2) is 27.3 Å². The van der Waals surface area contributed by atoms with Crippen LogP contribution in [0.3, 0.4) is 0 Å². The number of imide groups is 2. The van der Waals surface area contributed by atoms with Gasteiger partial charge in [-0.15, -0.1) is 0 Å². The van der Waals surface area contributed by atoms with Crippen molar-refractivity contribution >= 4 is 35.3 Å². The van der Waals surface area contributed by atoms with Crippen LogP contribution in [0.25, 0.3) is 11.8 Å². The van der Waals surface area contributed by atoms with E-state index < -0.39 is 22.8 Å². The van der Waals surface area contributed by atoms with Crippen LogP contribution >= 0.6 is 0 Å². The molecule has 9 nitrogen and oxygen atoms in total. The van der Waals surface area contributed by atoms with Gasteiger partial charge in [0.2, 0.25) is 0 Å². The molecule has 0 atom stereocenters. The van der Waals surface area contributed by atoms with Gasteiger partial charge in [-0.1, -0.05) is 25.1 Å². The van der Waals surface area contributed by atoms with Crippen LogP contribution in [0.15, 0.2) is 60.2 Å². The molecule has 1 aliphatic heterocycles. The van der Waals surface area contributed by atoms with Gasteiger partial charge < -0.3 is 4.57 Å². The predicted octanol–water partition coefficient (Wildman–Crippen LogP) is 4.23. The fraction of sp³-hybridized carbons (Fsp3) is 0.160. The van der Waals surface area contributed by atoms with Crippen LogP contribution in [-0.2, 0) is 16.0 Å². The van der Waals surface area contributed by atoms with Gasteiger partial charge in [0.05, 0.1) is 16.3 Å². The number of carbonyl (C=O) groups excluding carboxylic acids is 3. The van der Waals surface area contributed by atoms with Gasteiger partial charge in [-0.2, -0.15) is 0 Å². The highest BCUT2D eigenvalue weighted by atomic mass is 16.6. The van der Waals surface area contributed by atoms with Crippen molar-refractivity contribution in [2.24, 2.45) is 0 Å². The molecule has 1 aromatic heterocycles. The average Bonchev–Trinajstić information content (AvgIpc) is 3.09. The van der Waals surface area contributed by atoms with E-state index in [0.717, 1.165) is 22.6 Å². The number of amides is 4. The molecule has 0 unspecified atom stereocenters. The SMILES string of the molecule is CCc1ccc(N2C(=O)NC(=O)/C(=C/c3cc(C)n(-c4cccc([N+](=O)[O-])c4)c3C)C2=O)cc1. The lowest BCUT2D eigenvalue weighted by Crippen LogP contribution is -2.54. The maximum atomic E-state index is 13.2. The number of rotatable bonds is 5. The number of aromatic nitrogens is 1. The molecular formula is C25H22N4O5. The Morgan fingerprint density at radius 2 is 1.71 bits per heavy atom. The van der Waals surface area contributed by atoms with Crippen LogP contribution in [0, 0.1) is 24.0 Å². The normalized spacial score (nSPS) is 15.1. The smallest absolute Gasteiger partial charge is 0.318 e. The molecule has 0 radical (unpaired) electrons. The molecule has 172 valence electrons. The summed E-state index contributed by atoms with van der Waals surface area (Å²) in [7, 11) is 0. The molecule has 0 saturated carbocycles. The van der Waals surface area contributed by atoms with Gasteiger partial charge in [-0.25, -0.2) is 9.69 Å². The summed E-state index contributed by atoms with van der Waals surface area (Å²) in [5.41, 5.74) is 3.79. The topological polar surface area (TPSA) is 115 Å². The maximum Gasteiger partial charge on any atom is 0.335 e. The molecule has 0 bridgehead atoms. The number of hydrogen-bond acceptors (Lipinski definition) is 5. The molecule has 1 N–H and O–H groups in total. The Balaban J connectivity index is 1.74. The lowest BCUT2D eigenvalue weighted by Gasteiger charge is -2.26. The number of non-ortho nitro benzene ring substituents is 1. The minimum Gasteiger partial charge on any atom is -0.318 e. The molecule has 1 aliphatic rings. The zero-order valence-corrected chi connectivity index (χ0v) is 18.9. The number of nitrogens with one attached hydrogen (secondary N) is 1. The van der Waals surface area contributed by atoms with Crippen molar-refractivity contribution in [3.8, 4) is 5.69 Å². The van der Waals surface area contributed by atoms with Crippen LogP contribution in [0.5, 0.6) is 0 Å². The van der Waals surface area contributed by atoms with Crippen molar-refractivity contribution in [1.29, 1.82) is 0 Å². The lowest BCUT2D eigenvalue weighted by atomic mass is 10.1. The molecule has 1 fully saturated rings. The second-order valence-electron chi connectivity index (χ2n) is 7.92. The van der Waals surface area contributed by atoms with Crippen molar-refractivity contribution in [2.45, 2.75) is 27.2 Å². The molecular weight excluding hydrogens is 436 g/mol. The number of nitrogens with zero attached hydrogens (tertiary/aromatic N) is 3. The summed E-state index contributed by atoms with van der Waals surface area (Å²) in [6.45, 7) is 5.61. The number of anilines is 1. The zero-order chi connectivity index (χ0) is 24.6. The van der Waals surface area contributed by atoms with Crippen molar-refractivity contribution in [3.05, 3.63) is 92.8 Å². The summed E-state index contributed by atoms with van der Waals surface area (Å²) in [5, 5.41) is 13.4. The van der Waals surface area contributed by atoms with Crippen LogP contribution in [0.1, 0.15) is 29.4 Å². The molecule has 3 aromatic rings. The Labute approximate surface area is 195 Å². The van der Waals surface area contributed by atoms with Gasteiger partial charge in [-0.3, -0.25) is 25.0 Å². The van der Waals surface area contributed by atoms with E-state index in [2.05, 4.69) is 5.32 Å². The number of nitro groups is 1. The minimum absolute atomic E-state index is 0.0463. The molecule has 9 heteroatoms. The van der Waals surface area contributed by atoms with Crippen LogP contribution in [0.2, 0.25) is 0 Å². The molecule has 1 saturated heterocycles. The third-order valence-electron chi connectivity index (χ3n) is 5.77. The number of hydrogen-bond donors (Lipinski definition) is 1. The number of benzene rings is 2. The zero-order valence-electron chi connectivity index (χ0n) is 18.9. The molecule has 0 aliphatic carbocycles. The summed E-state index contributed by atoms with van der Waals surface area (Å²) in [5.74, 6) is -1.50. The second kappa shape index (κ2) is 8.78. The highest BCUT2D eigenvalue weighted by Crippen LogP contribution is 2.27. The van der Waals surface area contributed by atoms with Gasteiger partial charge in [0.1, 0.15) is 5.57 Å². The van der Waals surface area contributed by atoms with E-state index in [0.29, 0.717) is 22.6 Å². The lowest BCUT2D eigenvalue weighted by molar-refractivity contribution is -0.384. The second-order valence-corrected chi connectivity index (χ2v) is 7.92. The van der Waals surface area contributed by atoms with E-state index >= 15 is 0 Å². The molecule has 2 heterocycles. The number of nitro benzene ring substituents is 1. The fourth-order valence-electron chi connectivity index (χ4n) is 4.00. The first-order chi connectivity index (χ1) is 16.2. The van der Waals surface area contributed by atoms with Crippen LogP contribution in [0.4, 0.5) is 16.2 Å². The first-order valence-electron chi connectivity index (χ1n) is 10.7. The van der Waals surface area contributed by atoms with E-state index in [1.165, 1.54) is 18.2 Å².